The number of pyridine rings is 1. The number of anilines is 3. The molecular weight excluding hydrogens is 502 g/mol. The van der Waals surface area contributed by atoms with E-state index in [2.05, 4.69) is 63.9 Å². The summed E-state index contributed by atoms with van der Waals surface area (Å²) in [6.07, 6.45) is 6.12. The molecule has 0 unspecified atom stereocenters. The molecule has 1 aromatic carbocycles. The van der Waals surface area contributed by atoms with Crippen LogP contribution in [0, 0.1) is 13.8 Å². The lowest BCUT2D eigenvalue weighted by Gasteiger charge is -2.41. The van der Waals surface area contributed by atoms with Gasteiger partial charge in [-0.25, -0.2) is 23.4 Å². The summed E-state index contributed by atoms with van der Waals surface area (Å²) < 4.78 is 25.4. The van der Waals surface area contributed by atoms with Crippen LogP contribution in [0.3, 0.4) is 0 Å². The standard InChI is InChI=1S/C27H33N7O3S/c1-17-9-18(2)11-22(10-17)30-27-29-14-21-15-33(16-24(21)31-27)23-6-8-34(19(3)12-23)26(35)20-5-7-28-25(13-20)32-38(4,36)37/h5,7,9-11,13-14,19,23H,6,8,12,15-16H2,1-4H3,(H,28,32)(H,29,30,31)/t19-,23+/m1/s1. The fraction of sp³-hybridized carbons (Fsp3) is 0.407. The Kier molecular flexibility index (Phi) is 7.06. The predicted molar refractivity (Wildman–Crippen MR) is 147 cm³/mol. The van der Waals surface area contributed by atoms with Crippen molar-refractivity contribution in [2.24, 2.45) is 0 Å². The van der Waals surface area contributed by atoms with E-state index in [-0.39, 0.29) is 17.8 Å². The number of carbonyl (C=O) groups excluding carboxylic acids is 1. The van der Waals surface area contributed by atoms with Crippen molar-refractivity contribution < 1.29 is 13.2 Å². The van der Waals surface area contributed by atoms with Gasteiger partial charge in [-0.1, -0.05) is 6.07 Å². The Hall–Kier alpha value is -3.57. The Morgan fingerprint density at radius 2 is 1.84 bits per heavy atom. The smallest absolute Gasteiger partial charge is 0.254 e. The first kappa shape index (κ1) is 26.1. The van der Waals surface area contributed by atoms with Crippen LogP contribution >= 0.6 is 0 Å². The van der Waals surface area contributed by atoms with Gasteiger partial charge < -0.3 is 10.2 Å². The first-order valence-corrected chi connectivity index (χ1v) is 14.6. The largest absolute Gasteiger partial charge is 0.336 e. The third kappa shape index (κ3) is 5.94. The minimum Gasteiger partial charge on any atom is -0.336 e. The number of fused-ring (bicyclic) bond motifs is 1. The van der Waals surface area contributed by atoms with E-state index in [0.717, 1.165) is 49.1 Å². The zero-order valence-electron chi connectivity index (χ0n) is 22.1. The Morgan fingerprint density at radius 1 is 1.08 bits per heavy atom. The summed E-state index contributed by atoms with van der Waals surface area (Å²) in [7, 11) is -3.47. The number of benzene rings is 1. The average molecular weight is 536 g/mol. The molecule has 200 valence electrons. The molecule has 2 aliphatic heterocycles. The third-order valence-corrected chi connectivity index (χ3v) is 7.66. The van der Waals surface area contributed by atoms with Crippen molar-refractivity contribution in [1.29, 1.82) is 0 Å². The quantitative estimate of drug-likeness (QED) is 0.491. The lowest BCUT2D eigenvalue weighted by atomic mass is 9.96. The second kappa shape index (κ2) is 10.3. The SMILES string of the molecule is Cc1cc(C)cc(Nc2ncc3c(n2)CN([C@H]2CCN(C(=O)c4ccnc(NS(C)(=O)=O)c4)[C@H](C)C2)C3)c1. The summed E-state index contributed by atoms with van der Waals surface area (Å²) in [4.78, 5) is 30.9. The zero-order valence-corrected chi connectivity index (χ0v) is 22.9. The van der Waals surface area contributed by atoms with Crippen molar-refractivity contribution in [2.45, 2.75) is 58.8 Å². The van der Waals surface area contributed by atoms with E-state index in [4.69, 9.17) is 4.98 Å². The number of aromatic nitrogens is 3. The van der Waals surface area contributed by atoms with Crippen LogP contribution in [0.4, 0.5) is 17.5 Å². The van der Waals surface area contributed by atoms with E-state index in [9.17, 15) is 13.2 Å². The number of hydrogen-bond acceptors (Lipinski definition) is 8. The zero-order chi connectivity index (χ0) is 27.0. The molecule has 0 radical (unpaired) electrons. The van der Waals surface area contributed by atoms with E-state index in [1.807, 2.05) is 11.1 Å². The van der Waals surface area contributed by atoms with E-state index < -0.39 is 10.0 Å². The van der Waals surface area contributed by atoms with Crippen molar-refractivity contribution in [1.82, 2.24) is 24.8 Å². The maximum atomic E-state index is 13.2. The van der Waals surface area contributed by atoms with Gasteiger partial charge in [0.25, 0.3) is 5.91 Å². The molecular formula is C27H33N7O3S. The number of carbonyl (C=O) groups is 1. The topological polar surface area (TPSA) is 120 Å². The Labute approximate surface area is 223 Å². The number of likely N-dealkylation sites (tertiary alicyclic amines) is 1. The highest BCUT2D eigenvalue weighted by atomic mass is 32.2. The van der Waals surface area contributed by atoms with Crippen LogP contribution in [0.2, 0.25) is 0 Å². The summed E-state index contributed by atoms with van der Waals surface area (Å²) in [5.41, 5.74) is 5.97. The molecule has 11 heteroatoms. The van der Waals surface area contributed by atoms with Crippen molar-refractivity contribution in [3.8, 4) is 0 Å². The van der Waals surface area contributed by atoms with Crippen LogP contribution in [0.5, 0.6) is 0 Å². The molecule has 1 saturated heterocycles. The lowest BCUT2D eigenvalue weighted by molar-refractivity contribution is 0.0460. The minimum absolute atomic E-state index is 0.0392. The predicted octanol–water partition coefficient (Wildman–Crippen LogP) is 3.61. The number of piperidine rings is 1. The second-order valence-electron chi connectivity index (χ2n) is 10.4. The summed E-state index contributed by atoms with van der Waals surface area (Å²) in [6, 6.07) is 9.78. The van der Waals surface area contributed by atoms with Crippen LogP contribution < -0.4 is 10.0 Å². The maximum absolute atomic E-state index is 13.2. The van der Waals surface area contributed by atoms with Gasteiger partial charge in [-0.2, -0.15) is 0 Å². The molecule has 2 aliphatic rings. The summed E-state index contributed by atoms with van der Waals surface area (Å²) in [5.74, 6) is 0.627. The number of nitrogens with one attached hydrogen (secondary N) is 2. The van der Waals surface area contributed by atoms with Gasteiger partial charge in [-0.3, -0.25) is 14.4 Å². The summed E-state index contributed by atoms with van der Waals surface area (Å²) >= 11 is 0. The van der Waals surface area contributed by atoms with Crippen LogP contribution in [0.25, 0.3) is 0 Å². The molecule has 5 rings (SSSR count). The molecule has 2 atom stereocenters. The van der Waals surface area contributed by atoms with Gasteiger partial charge in [-0.15, -0.1) is 0 Å². The van der Waals surface area contributed by atoms with Crippen molar-refractivity contribution in [2.75, 3.05) is 22.8 Å². The van der Waals surface area contributed by atoms with Crippen molar-refractivity contribution >= 4 is 33.4 Å². The molecule has 2 N–H and O–H groups in total. The Bertz CT molecular complexity index is 1460. The van der Waals surface area contributed by atoms with Gasteiger partial charge in [0.05, 0.1) is 11.9 Å². The molecule has 38 heavy (non-hydrogen) atoms. The van der Waals surface area contributed by atoms with Gasteiger partial charge in [0.1, 0.15) is 5.82 Å². The van der Waals surface area contributed by atoms with Gasteiger partial charge in [-0.05, 0) is 69.0 Å². The van der Waals surface area contributed by atoms with E-state index in [1.165, 1.54) is 23.4 Å². The molecule has 3 aromatic rings. The number of rotatable bonds is 6. The van der Waals surface area contributed by atoms with Crippen molar-refractivity contribution in [3.63, 3.8) is 0 Å². The van der Waals surface area contributed by atoms with E-state index in [1.54, 1.807) is 6.07 Å². The number of hydrogen-bond donors (Lipinski definition) is 2. The average Bonchev–Trinajstić information content (AvgIpc) is 3.25. The number of nitrogens with zero attached hydrogens (tertiary/aromatic N) is 5. The Balaban J connectivity index is 1.21. The van der Waals surface area contributed by atoms with E-state index >= 15 is 0 Å². The van der Waals surface area contributed by atoms with E-state index in [0.29, 0.717) is 24.1 Å². The number of amides is 1. The molecule has 4 heterocycles. The van der Waals surface area contributed by atoms with Crippen molar-refractivity contribution in [3.05, 3.63) is 70.7 Å². The van der Waals surface area contributed by atoms with Crippen LogP contribution in [-0.2, 0) is 23.1 Å². The summed E-state index contributed by atoms with van der Waals surface area (Å²) in [6.45, 7) is 8.40. The highest BCUT2D eigenvalue weighted by Gasteiger charge is 2.35. The monoisotopic (exact) mass is 535 g/mol. The number of sulfonamides is 1. The number of aryl methyl sites for hydroxylation is 2. The third-order valence-electron chi connectivity index (χ3n) is 7.08. The van der Waals surface area contributed by atoms with Crippen LogP contribution in [0.15, 0.2) is 42.7 Å². The fourth-order valence-electron chi connectivity index (χ4n) is 5.43. The molecule has 0 spiro atoms. The molecule has 0 saturated carbocycles. The normalized spacial score (nSPS) is 19.7. The van der Waals surface area contributed by atoms with Gasteiger partial charge in [0.15, 0.2) is 0 Å². The minimum atomic E-state index is -3.47. The maximum Gasteiger partial charge on any atom is 0.254 e. The molecule has 2 aromatic heterocycles. The molecule has 1 amide bonds. The second-order valence-corrected chi connectivity index (χ2v) is 12.2. The van der Waals surface area contributed by atoms with Gasteiger partial charge >= 0.3 is 0 Å². The molecule has 0 bridgehead atoms. The van der Waals surface area contributed by atoms with Crippen LogP contribution in [0.1, 0.15) is 52.5 Å². The highest BCUT2D eigenvalue weighted by molar-refractivity contribution is 7.92. The van der Waals surface area contributed by atoms with Gasteiger partial charge in [0, 0.05) is 60.9 Å². The Morgan fingerprint density at radius 3 is 2.55 bits per heavy atom. The molecule has 10 nitrogen and oxygen atoms in total. The fourth-order valence-corrected chi connectivity index (χ4v) is 5.92. The van der Waals surface area contributed by atoms with Gasteiger partial charge in [0.2, 0.25) is 16.0 Å². The summed E-state index contributed by atoms with van der Waals surface area (Å²) in [5, 5.41) is 3.34. The first-order valence-electron chi connectivity index (χ1n) is 12.7. The van der Waals surface area contributed by atoms with Crippen LogP contribution in [-0.4, -0.2) is 64.0 Å². The molecule has 0 aliphatic carbocycles. The first-order chi connectivity index (χ1) is 18.0. The molecule has 1 fully saturated rings. The highest BCUT2D eigenvalue weighted by Crippen LogP contribution is 2.31. The lowest BCUT2D eigenvalue weighted by Crippen LogP contribution is -2.50.